The number of urea groups is 1. The van der Waals surface area contributed by atoms with E-state index in [0.717, 1.165) is 25.7 Å². The maximum Gasteiger partial charge on any atom is 0.331 e. The SMILES string of the molecule is C[C@@H](OC(=O)/C=C/c1ccc(Cl)c(Cl)c1)C(=O)NC(=O)NC1CCCC1. The monoisotopic (exact) mass is 398 g/mol. The van der Waals surface area contributed by atoms with Gasteiger partial charge >= 0.3 is 12.0 Å². The van der Waals surface area contributed by atoms with Crippen LogP contribution in [0, 0.1) is 0 Å². The van der Waals surface area contributed by atoms with Crippen LogP contribution in [0.1, 0.15) is 38.2 Å². The highest BCUT2D eigenvalue weighted by molar-refractivity contribution is 6.42. The smallest absolute Gasteiger partial charge is 0.331 e. The quantitative estimate of drug-likeness (QED) is 0.584. The van der Waals surface area contributed by atoms with Gasteiger partial charge in [0.1, 0.15) is 0 Å². The van der Waals surface area contributed by atoms with Crippen LogP contribution in [-0.4, -0.2) is 30.1 Å². The van der Waals surface area contributed by atoms with Crippen molar-refractivity contribution in [2.45, 2.75) is 44.8 Å². The average Bonchev–Trinajstić information content (AvgIpc) is 3.08. The molecule has 0 unspecified atom stereocenters. The van der Waals surface area contributed by atoms with Gasteiger partial charge in [-0.15, -0.1) is 0 Å². The van der Waals surface area contributed by atoms with Crippen LogP contribution in [0.2, 0.25) is 10.0 Å². The molecule has 0 bridgehead atoms. The number of ether oxygens (including phenoxy) is 1. The van der Waals surface area contributed by atoms with Gasteiger partial charge in [-0.25, -0.2) is 9.59 Å². The van der Waals surface area contributed by atoms with Crippen molar-refractivity contribution >= 4 is 47.2 Å². The summed E-state index contributed by atoms with van der Waals surface area (Å²) >= 11 is 11.7. The second-order valence-electron chi connectivity index (χ2n) is 6.03. The molecule has 2 rings (SSSR count). The Hall–Kier alpha value is -2.05. The summed E-state index contributed by atoms with van der Waals surface area (Å²) in [5.74, 6) is -1.40. The summed E-state index contributed by atoms with van der Waals surface area (Å²) < 4.78 is 4.98. The summed E-state index contributed by atoms with van der Waals surface area (Å²) in [6.07, 6.45) is 5.51. The van der Waals surface area contributed by atoms with E-state index in [1.54, 1.807) is 18.2 Å². The fraction of sp³-hybridized carbons (Fsp3) is 0.389. The summed E-state index contributed by atoms with van der Waals surface area (Å²) in [4.78, 5) is 35.5. The van der Waals surface area contributed by atoms with Crippen molar-refractivity contribution in [1.29, 1.82) is 0 Å². The molecular weight excluding hydrogens is 379 g/mol. The number of carbonyl (C=O) groups is 3. The third kappa shape index (κ3) is 6.35. The van der Waals surface area contributed by atoms with E-state index in [9.17, 15) is 14.4 Å². The van der Waals surface area contributed by atoms with Crippen molar-refractivity contribution < 1.29 is 19.1 Å². The Balaban J connectivity index is 1.79. The topological polar surface area (TPSA) is 84.5 Å². The van der Waals surface area contributed by atoms with E-state index in [1.807, 2.05) is 0 Å². The lowest BCUT2D eigenvalue weighted by atomic mass is 10.2. The number of imide groups is 1. The first kappa shape index (κ1) is 20.3. The molecule has 140 valence electrons. The highest BCUT2D eigenvalue weighted by Crippen LogP contribution is 2.23. The van der Waals surface area contributed by atoms with Crippen LogP contribution in [0.5, 0.6) is 0 Å². The van der Waals surface area contributed by atoms with Gasteiger partial charge in [-0.1, -0.05) is 42.1 Å². The van der Waals surface area contributed by atoms with Gasteiger partial charge in [0.05, 0.1) is 10.0 Å². The lowest BCUT2D eigenvalue weighted by Crippen LogP contribution is -2.47. The molecule has 0 heterocycles. The minimum Gasteiger partial charge on any atom is -0.449 e. The standard InChI is InChI=1S/C18H20Cl2N2O4/c1-11(17(24)22-18(25)21-13-4-2-3-5-13)26-16(23)9-7-12-6-8-14(19)15(20)10-12/h6-11,13H,2-5H2,1H3,(H2,21,22,24,25)/b9-7+/t11-/m1/s1. The van der Waals surface area contributed by atoms with E-state index < -0.39 is 24.0 Å². The van der Waals surface area contributed by atoms with Gasteiger partial charge in [-0.2, -0.15) is 0 Å². The zero-order chi connectivity index (χ0) is 19.1. The molecule has 1 saturated carbocycles. The molecule has 1 aromatic carbocycles. The Morgan fingerprint density at radius 1 is 1.19 bits per heavy atom. The summed E-state index contributed by atoms with van der Waals surface area (Å²) in [5, 5.41) is 5.68. The molecule has 1 atom stereocenters. The summed E-state index contributed by atoms with van der Waals surface area (Å²) in [6, 6.07) is 4.40. The summed E-state index contributed by atoms with van der Waals surface area (Å²) in [6.45, 7) is 1.39. The summed E-state index contributed by atoms with van der Waals surface area (Å²) in [7, 11) is 0. The van der Waals surface area contributed by atoms with Crippen molar-refractivity contribution in [2.24, 2.45) is 0 Å². The Morgan fingerprint density at radius 2 is 1.88 bits per heavy atom. The number of carbonyl (C=O) groups excluding carboxylic acids is 3. The molecule has 1 aliphatic carbocycles. The lowest BCUT2D eigenvalue weighted by Gasteiger charge is -2.15. The molecule has 0 aromatic heterocycles. The minimum absolute atomic E-state index is 0.0924. The molecule has 26 heavy (non-hydrogen) atoms. The van der Waals surface area contributed by atoms with Crippen molar-refractivity contribution in [3.63, 3.8) is 0 Å². The first-order valence-electron chi connectivity index (χ1n) is 8.30. The van der Waals surface area contributed by atoms with Gasteiger partial charge in [-0.05, 0) is 43.5 Å². The van der Waals surface area contributed by atoms with Crippen molar-refractivity contribution in [3.05, 3.63) is 39.9 Å². The van der Waals surface area contributed by atoms with Gasteiger partial charge in [-0.3, -0.25) is 10.1 Å². The minimum atomic E-state index is -1.10. The van der Waals surface area contributed by atoms with Gasteiger partial charge in [0.15, 0.2) is 6.10 Å². The number of esters is 1. The van der Waals surface area contributed by atoms with Crippen LogP contribution in [0.25, 0.3) is 6.08 Å². The van der Waals surface area contributed by atoms with E-state index >= 15 is 0 Å². The number of rotatable bonds is 5. The molecule has 8 heteroatoms. The number of nitrogens with one attached hydrogen (secondary N) is 2. The van der Waals surface area contributed by atoms with Crippen molar-refractivity contribution in [1.82, 2.24) is 10.6 Å². The molecule has 0 spiro atoms. The average molecular weight is 399 g/mol. The summed E-state index contributed by atoms with van der Waals surface area (Å²) in [5.41, 5.74) is 0.657. The second-order valence-corrected chi connectivity index (χ2v) is 6.84. The Morgan fingerprint density at radius 3 is 2.54 bits per heavy atom. The molecule has 0 saturated heterocycles. The molecule has 1 aromatic rings. The van der Waals surface area contributed by atoms with Crippen LogP contribution < -0.4 is 10.6 Å². The van der Waals surface area contributed by atoms with Crippen molar-refractivity contribution in [3.8, 4) is 0 Å². The van der Waals surface area contributed by atoms with Crippen LogP contribution in [0.4, 0.5) is 4.79 Å². The maximum absolute atomic E-state index is 11.9. The molecule has 3 amide bonds. The van der Waals surface area contributed by atoms with Gasteiger partial charge in [0.2, 0.25) is 0 Å². The highest BCUT2D eigenvalue weighted by atomic mass is 35.5. The molecule has 2 N–H and O–H groups in total. The predicted octanol–water partition coefficient (Wildman–Crippen LogP) is 3.71. The van der Waals surface area contributed by atoms with Crippen LogP contribution in [-0.2, 0) is 14.3 Å². The third-order valence-electron chi connectivity index (χ3n) is 3.94. The number of benzene rings is 1. The van der Waals surface area contributed by atoms with E-state index in [2.05, 4.69) is 10.6 Å². The number of hydrogen-bond acceptors (Lipinski definition) is 4. The number of hydrogen-bond donors (Lipinski definition) is 2. The second kappa shape index (κ2) is 9.59. The van der Waals surface area contributed by atoms with E-state index in [0.29, 0.717) is 15.6 Å². The molecular formula is C18H20Cl2N2O4. The predicted molar refractivity (Wildman–Crippen MR) is 100.0 cm³/mol. The Kier molecular flexibility index (Phi) is 7.48. The Labute approximate surface area is 161 Å². The maximum atomic E-state index is 11.9. The number of amides is 3. The van der Waals surface area contributed by atoms with Crippen LogP contribution in [0.3, 0.4) is 0 Å². The zero-order valence-electron chi connectivity index (χ0n) is 14.3. The molecule has 1 aliphatic rings. The third-order valence-corrected chi connectivity index (χ3v) is 4.68. The molecule has 0 radical (unpaired) electrons. The number of halogens is 2. The van der Waals surface area contributed by atoms with Gasteiger partial charge in [0, 0.05) is 12.1 Å². The molecule has 1 fully saturated rings. The fourth-order valence-electron chi connectivity index (χ4n) is 2.55. The Bertz CT molecular complexity index is 715. The fourth-order valence-corrected chi connectivity index (χ4v) is 2.86. The van der Waals surface area contributed by atoms with E-state index in [-0.39, 0.29) is 6.04 Å². The van der Waals surface area contributed by atoms with E-state index in [1.165, 1.54) is 19.1 Å². The first-order valence-corrected chi connectivity index (χ1v) is 9.06. The van der Waals surface area contributed by atoms with E-state index in [4.69, 9.17) is 27.9 Å². The van der Waals surface area contributed by atoms with Gasteiger partial charge in [0.25, 0.3) is 5.91 Å². The zero-order valence-corrected chi connectivity index (χ0v) is 15.8. The van der Waals surface area contributed by atoms with Crippen LogP contribution in [0.15, 0.2) is 24.3 Å². The lowest BCUT2D eigenvalue weighted by molar-refractivity contribution is -0.149. The first-order chi connectivity index (χ1) is 12.3. The normalized spacial score (nSPS) is 15.7. The van der Waals surface area contributed by atoms with Crippen molar-refractivity contribution in [2.75, 3.05) is 0 Å². The largest absolute Gasteiger partial charge is 0.449 e. The highest BCUT2D eigenvalue weighted by Gasteiger charge is 2.22. The van der Waals surface area contributed by atoms with Gasteiger partial charge < -0.3 is 10.1 Å². The molecule has 0 aliphatic heterocycles. The van der Waals surface area contributed by atoms with Crippen LogP contribution >= 0.6 is 23.2 Å². The molecule has 6 nitrogen and oxygen atoms in total.